The summed E-state index contributed by atoms with van der Waals surface area (Å²) >= 11 is 0. The van der Waals surface area contributed by atoms with Gasteiger partial charge in [-0.1, -0.05) is 13.3 Å². The number of benzene rings is 1. The molecule has 1 heterocycles. The lowest BCUT2D eigenvalue weighted by Gasteiger charge is -2.27. The van der Waals surface area contributed by atoms with Crippen LogP contribution in [0.2, 0.25) is 0 Å². The molecule has 0 aliphatic carbocycles. The van der Waals surface area contributed by atoms with Gasteiger partial charge in [0.15, 0.2) is 0 Å². The van der Waals surface area contributed by atoms with Crippen molar-refractivity contribution in [1.29, 1.82) is 0 Å². The third kappa shape index (κ3) is 3.16. The smallest absolute Gasteiger partial charge is 0.246 e. The topological polar surface area (TPSA) is 72.6 Å². The Labute approximate surface area is 127 Å². The van der Waals surface area contributed by atoms with E-state index in [0.717, 1.165) is 31.2 Å². The van der Waals surface area contributed by atoms with Gasteiger partial charge in [0.05, 0.1) is 6.61 Å². The second kappa shape index (κ2) is 6.23. The molecule has 21 heavy (non-hydrogen) atoms. The zero-order valence-electron chi connectivity index (χ0n) is 12.9. The summed E-state index contributed by atoms with van der Waals surface area (Å²) < 4.78 is 32.8. The van der Waals surface area contributed by atoms with Crippen molar-refractivity contribution in [3.05, 3.63) is 17.7 Å². The molecule has 1 aliphatic rings. The largest absolute Gasteiger partial charge is 0.492 e. The van der Waals surface area contributed by atoms with E-state index in [4.69, 9.17) is 10.5 Å². The number of fused-ring (bicyclic) bond motifs is 1. The van der Waals surface area contributed by atoms with E-state index >= 15 is 0 Å². The molecule has 0 spiro atoms. The quantitative estimate of drug-likeness (QED) is 0.847. The molecule has 0 bridgehead atoms. The molecular weight excluding hydrogens is 288 g/mol. The van der Waals surface area contributed by atoms with Crippen LogP contribution in [0.5, 0.6) is 5.75 Å². The molecule has 0 saturated carbocycles. The van der Waals surface area contributed by atoms with E-state index in [0.29, 0.717) is 18.0 Å². The highest BCUT2D eigenvalue weighted by Crippen LogP contribution is 2.36. The molecule has 0 fully saturated rings. The minimum absolute atomic E-state index is 0.0549. The van der Waals surface area contributed by atoms with Gasteiger partial charge < -0.3 is 10.5 Å². The molecular formula is C15H24N2O3S. The van der Waals surface area contributed by atoms with Crippen LogP contribution in [0.15, 0.2) is 17.0 Å². The van der Waals surface area contributed by atoms with Crippen LogP contribution in [-0.4, -0.2) is 32.4 Å². The summed E-state index contributed by atoms with van der Waals surface area (Å²) in [6.07, 6.45) is 3.45. The molecule has 6 heteroatoms. The van der Waals surface area contributed by atoms with E-state index in [9.17, 15) is 8.42 Å². The molecule has 0 saturated heterocycles. The molecule has 0 aromatic heterocycles. The number of anilines is 1. The van der Waals surface area contributed by atoms with Crippen LogP contribution in [0.25, 0.3) is 0 Å². The summed E-state index contributed by atoms with van der Waals surface area (Å²) in [4.78, 5) is 0.197. The molecule has 1 atom stereocenters. The highest BCUT2D eigenvalue weighted by Gasteiger charge is 2.30. The molecule has 1 aromatic rings. The Balaban J connectivity index is 2.47. The summed E-state index contributed by atoms with van der Waals surface area (Å²) in [6.45, 7) is 4.51. The van der Waals surface area contributed by atoms with Gasteiger partial charge in [-0.25, -0.2) is 8.42 Å². The van der Waals surface area contributed by atoms with Crippen LogP contribution in [0, 0.1) is 0 Å². The number of rotatable bonds is 5. The first-order valence-corrected chi connectivity index (χ1v) is 8.85. The normalized spacial score (nSPS) is 16.4. The Morgan fingerprint density at radius 1 is 1.43 bits per heavy atom. The number of sulfonamides is 1. The fourth-order valence-electron chi connectivity index (χ4n) is 2.65. The molecule has 0 radical (unpaired) electrons. The monoisotopic (exact) mass is 312 g/mol. The fraction of sp³-hybridized carbons (Fsp3) is 0.600. The highest BCUT2D eigenvalue weighted by molar-refractivity contribution is 7.89. The molecule has 118 valence electrons. The average molecular weight is 312 g/mol. The fourth-order valence-corrected chi connectivity index (χ4v) is 4.25. The zero-order chi connectivity index (χ0) is 15.6. The Kier molecular flexibility index (Phi) is 4.78. The van der Waals surface area contributed by atoms with Crippen LogP contribution in [0.4, 0.5) is 5.69 Å². The van der Waals surface area contributed by atoms with Crippen molar-refractivity contribution in [3.63, 3.8) is 0 Å². The van der Waals surface area contributed by atoms with Crippen molar-refractivity contribution in [1.82, 2.24) is 4.31 Å². The van der Waals surface area contributed by atoms with Gasteiger partial charge in [0.25, 0.3) is 0 Å². The second-order valence-corrected chi connectivity index (χ2v) is 7.58. The van der Waals surface area contributed by atoms with E-state index in [1.54, 1.807) is 7.05 Å². The van der Waals surface area contributed by atoms with E-state index in [2.05, 4.69) is 0 Å². The van der Waals surface area contributed by atoms with Crippen LogP contribution in [0.3, 0.4) is 0 Å². The average Bonchev–Trinajstić information content (AvgIpc) is 2.45. The van der Waals surface area contributed by atoms with Gasteiger partial charge in [0, 0.05) is 18.8 Å². The van der Waals surface area contributed by atoms with Crippen LogP contribution in [-0.2, 0) is 16.4 Å². The maximum absolute atomic E-state index is 12.9. The second-order valence-electron chi connectivity index (χ2n) is 5.62. The summed E-state index contributed by atoms with van der Waals surface area (Å²) in [7, 11) is -1.98. The highest BCUT2D eigenvalue weighted by atomic mass is 32.2. The van der Waals surface area contributed by atoms with Crippen molar-refractivity contribution in [2.45, 2.75) is 50.5 Å². The van der Waals surface area contributed by atoms with Gasteiger partial charge in [-0.3, -0.25) is 0 Å². The summed E-state index contributed by atoms with van der Waals surface area (Å²) in [5.41, 5.74) is 7.23. The number of aryl methyl sites for hydroxylation is 1. The first-order chi connectivity index (χ1) is 9.87. The first-order valence-electron chi connectivity index (χ1n) is 7.41. The first kappa shape index (κ1) is 16.1. The lowest BCUT2D eigenvalue weighted by atomic mass is 10.1. The van der Waals surface area contributed by atoms with Gasteiger partial charge in [-0.05, 0) is 43.9 Å². The van der Waals surface area contributed by atoms with Crippen molar-refractivity contribution in [2.75, 3.05) is 19.4 Å². The summed E-state index contributed by atoms with van der Waals surface area (Å²) in [5.74, 6) is 0.478. The standard InChI is InChI=1S/C15H24N2O3S/c1-4-6-11(2)17(3)21(18,19)14-10-13(16)9-12-7-5-8-20-15(12)14/h9-11H,4-8,16H2,1-3H3. The van der Waals surface area contributed by atoms with Gasteiger partial charge in [-0.2, -0.15) is 4.31 Å². The maximum Gasteiger partial charge on any atom is 0.246 e. The Hall–Kier alpha value is -1.27. The molecule has 1 aromatic carbocycles. The summed E-state index contributed by atoms with van der Waals surface area (Å²) in [5, 5.41) is 0. The third-order valence-corrected chi connectivity index (χ3v) is 5.95. The predicted molar refractivity (Wildman–Crippen MR) is 84.0 cm³/mol. The van der Waals surface area contributed by atoms with Crippen molar-refractivity contribution in [2.24, 2.45) is 0 Å². The van der Waals surface area contributed by atoms with E-state index in [1.807, 2.05) is 19.9 Å². The van der Waals surface area contributed by atoms with Crippen LogP contribution >= 0.6 is 0 Å². The number of ether oxygens (including phenoxy) is 1. The Morgan fingerprint density at radius 3 is 2.81 bits per heavy atom. The number of nitrogen functional groups attached to an aromatic ring is 1. The SMILES string of the molecule is CCCC(C)N(C)S(=O)(=O)c1cc(N)cc2c1OCCC2. The molecule has 2 N–H and O–H groups in total. The van der Waals surface area contributed by atoms with Gasteiger partial charge in [-0.15, -0.1) is 0 Å². The lowest BCUT2D eigenvalue weighted by molar-refractivity contribution is 0.278. The Morgan fingerprint density at radius 2 is 2.14 bits per heavy atom. The van der Waals surface area contributed by atoms with Crippen LogP contribution < -0.4 is 10.5 Å². The van der Waals surface area contributed by atoms with Crippen molar-refractivity contribution < 1.29 is 13.2 Å². The van der Waals surface area contributed by atoms with E-state index < -0.39 is 10.0 Å². The minimum Gasteiger partial charge on any atom is -0.492 e. The lowest BCUT2D eigenvalue weighted by Crippen LogP contribution is -2.35. The van der Waals surface area contributed by atoms with Gasteiger partial charge in [0.1, 0.15) is 10.6 Å². The molecule has 1 unspecified atom stereocenters. The third-order valence-electron chi connectivity index (χ3n) is 3.98. The van der Waals surface area contributed by atoms with E-state index in [-0.39, 0.29) is 10.9 Å². The molecule has 2 rings (SSSR count). The van der Waals surface area contributed by atoms with Crippen molar-refractivity contribution >= 4 is 15.7 Å². The Bertz CT molecular complexity index is 614. The summed E-state index contributed by atoms with van der Waals surface area (Å²) in [6, 6.07) is 3.26. The van der Waals surface area contributed by atoms with Crippen LogP contribution in [0.1, 0.15) is 38.7 Å². The zero-order valence-corrected chi connectivity index (χ0v) is 13.7. The number of nitrogens with zero attached hydrogens (tertiary/aromatic N) is 1. The minimum atomic E-state index is -3.60. The molecule has 5 nitrogen and oxygen atoms in total. The van der Waals surface area contributed by atoms with Gasteiger partial charge >= 0.3 is 0 Å². The maximum atomic E-state index is 12.9. The molecule has 0 amide bonds. The number of hydrogen-bond donors (Lipinski definition) is 1. The van der Waals surface area contributed by atoms with Gasteiger partial charge in [0.2, 0.25) is 10.0 Å². The van der Waals surface area contributed by atoms with E-state index in [1.165, 1.54) is 10.4 Å². The van der Waals surface area contributed by atoms with Crippen molar-refractivity contribution in [3.8, 4) is 5.75 Å². The number of hydrogen-bond acceptors (Lipinski definition) is 4. The molecule has 1 aliphatic heterocycles. The predicted octanol–water partition coefficient (Wildman–Crippen LogP) is 2.40. The number of nitrogens with two attached hydrogens (primary N) is 1.